The average Bonchev–Trinajstić information content (AvgIpc) is 3.05. The Morgan fingerprint density at radius 1 is 1.39 bits per heavy atom. The molecule has 2 aromatic rings. The predicted molar refractivity (Wildman–Crippen MR) is 103 cm³/mol. The molecule has 10 heteroatoms. The van der Waals surface area contributed by atoms with E-state index in [2.05, 4.69) is 15.1 Å². The second-order valence-corrected chi connectivity index (χ2v) is 8.96. The van der Waals surface area contributed by atoms with Gasteiger partial charge < -0.3 is 19.7 Å². The van der Waals surface area contributed by atoms with Gasteiger partial charge in [-0.3, -0.25) is 4.79 Å². The second-order valence-electron chi connectivity index (χ2n) is 6.53. The number of rotatable bonds is 6. The van der Waals surface area contributed by atoms with Crippen LogP contribution in [0.15, 0.2) is 9.55 Å². The zero-order valence-corrected chi connectivity index (χ0v) is 17.7. The Bertz CT molecular complexity index is 857. The van der Waals surface area contributed by atoms with E-state index in [0.29, 0.717) is 10.6 Å². The number of aryl methyl sites for hydroxylation is 2. The Morgan fingerprint density at radius 2 is 2.14 bits per heavy atom. The van der Waals surface area contributed by atoms with Gasteiger partial charge in [-0.15, -0.1) is 11.3 Å². The lowest BCUT2D eigenvalue weighted by Gasteiger charge is -2.11. The summed E-state index contributed by atoms with van der Waals surface area (Å²) in [4.78, 5) is 26.4. The fourth-order valence-corrected chi connectivity index (χ4v) is 5.22. The molecular formula is C18H23N3O5S2. The third-order valence-corrected chi connectivity index (χ3v) is 6.94. The number of carbonyl (C=O) groups excluding carboxylic acids is 2. The highest BCUT2D eigenvalue weighted by Crippen LogP contribution is 2.38. The summed E-state index contributed by atoms with van der Waals surface area (Å²) in [5.74, 6) is -1.28. The number of anilines is 1. The maximum Gasteiger partial charge on any atom is 0.341 e. The van der Waals surface area contributed by atoms with E-state index in [0.717, 1.165) is 54.3 Å². The molecule has 152 valence electrons. The van der Waals surface area contributed by atoms with Crippen molar-refractivity contribution in [2.75, 3.05) is 11.9 Å². The molecule has 0 spiro atoms. The third kappa shape index (κ3) is 4.33. The first kappa shape index (κ1) is 20.7. The SMILES string of the molecule is CCOC(=O)c1c(NC(=O)C(C)Sc2c([O-])on[n+]2C)sc2c1CCCCC2. The van der Waals surface area contributed by atoms with Crippen molar-refractivity contribution in [1.82, 2.24) is 5.27 Å². The lowest BCUT2D eigenvalue weighted by atomic mass is 10.1. The van der Waals surface area contributed by atoms with Crippen molar-refractivity contribution < 1.29 is 28.6 Å². The van der Waals surface area contributed by atoms with Crippen LogP contribution in [0.1, 0.15) is 53.9 Å². The third-order valence-electron chi connectivity index (χ3n) is 4.51. The van der Waals surface area contributed by atoms with Crippen LogP contribution in [0.2, 0.25) is 0 Å². The summed E-state index contributed by atoms with van der Waals surface area (Å²) in [5, 5.41) is 18.3. The van der Waals surface area contributed by atoms with Crippen LogP contribution in [0, 0.1) is 0 Å². The lowest BCUT2D eigenvalue weighted by Crippen LogP contribution is -2.33. The largest absolute Gasteiger partial charge is 0.538 e. The van der Waals surface area contributed by atoms with E-state index >= 15 is 0 Å². The monoisotopic (exact) mass is 425 g/mol. The van der Waals surface area contributed by atoms with Crippen LogP contribution in [-0.4, -0.2) is 29.0 Å². The molecule has 28 heavy (non-hydrogen) atoms. The van der Waals surface area contributed by atoms with Gasteiger partial charge in [0.15, 0.2) is 13.0 Å². The fourth-order valence-electron chi connectivity index (χ4n) is 3.12. The Balaban J connectivity index is 1.82. The van der Waals surface area contributed by atoms with E-state index < -0.39 is 17.2 Å². The molecule has 1 aliphatic rings. The van der Waals surface area contributed by atoms with Crippen LogP contribution in [-0.2, 0) is 29.4 Å². The second kappa shape index (κ2) is 8.95. The van der Waals surface area contributed by atoms with E-state index in [1.165, 1.54) is 16.0 Å². The summed E-state index contributed by atoms with van der Waals surface area (Å²) in [6, 6.07) is 0. The molecule has 8 nitrogen and oxygen atoms in total. The minimum atomic E-state index is -0.581. The number of amides is 1. The van der Waals surface area contributed by atoms with Crippen LogP contribution >= 0.6 is 23.1 Å². The van der Waals surface area contributed by atoms with Crippen LogP contribution < -0.4 is 15.1 Å². The number of aromatic nitrogens is 2. The zero-order chi connectivity index (χ0) is 20.3. The van der Waals surface area contributed by atoms with Gasteiger partial charge in [0.1, 0.15) is 5.00 Å². The minimum absolute atomic E-state index is 0.246. The number of thiophene rings is 1. The highest BCUT2D eigenvalue weighted by atomic mass is 32.2. The molecule has 3 rings (SSSR count). The fraction of sp³-hybridized carbons (Fsp3) is 0.556. The highest BCUT2D eigenvalue weighted by molar-refractivity contribution is 8.00. The van der Waals surface area contributed by atoms with Crippen molar-refractivity contribution in [3.05, 3.63) is 16.0 Å². The summed E-state index contributed by atoms with van der Waals surface area (Å²) in [7, 11) is 1.58. The van der Waals surface area contributed by atoms with Crippen LogP contribution in [0.25, 0.3) is 0 Å². The number of hydrogen-bond donors (Lipinski definition) is 1. The van der Waals surface area contributed by atoms with Gasteiger partial charge in [-0.2, -0.15) is 0 Å². The van der Waals surface area contributed by atoms with Crippen LogP contribution in [0.5, 0.6) is 5.95 Å². The molecule has 2 heterocycles. The first-order chi connectivity index (χ1) is 13.4. The smallest absolute Gasteiger partial charge is 0.341 e. The number of nitrogens with one attached hydrogen (secondary N) is 1. The Kier molecular flexibility index (Phi) is 6.61. The van der Waals surface area contributed by atoms with Crippen molar-refractivity contribution in [3.63, 3.8) is 0 Å². The van der Waals surface area contributed by atoms with E-state index in [4.69, 9.17) is 4.74 Å². The standard InChI is InChI=1S/C18H23N3O5S2/c1-4-25-17(23)13-11-8-6-5-7-9-12(11)28-15(13)19-14(22)10(2)27-16-18(24)26-20-21(16)3/h10H,4-9H2,1-3H3,(H-,19,20,22,23,24). The van der Waals surface area contributed by atoms with Gasteiger partial charge in [0.25, 0.3) is 5.03 Å². The molecule has 0 saturated carbocycles. The molecule has 1 unspecified atom stereocenters. The van der Waals surface area contributed by atoms with Crippen molar-refractivity contribution in [2.24, 2.45) is 7.05 Å². The lowest BCUT2D eigenvalue weighted by molar-refractivity contribution is -0.772. The average molecular weight is 426 g/mol. The maximum atomic E-state index is 12.7. The molecule has 0 radical (unpaired) electrons. The van der Waals surface area contributed by atoms with Gasteiger partial charge in [-0.05, 0) is 56.9 Å². The topological polar surface area (TPSA) is 108 Å². The number of fused-ring (bicyclic) bond motifs is 1. The number of hydrogen-bond acceptors (Lipinski definition) is 8. The molecule has 2 aromatic heterocycles. The molecule has 0 aliphatic heterocycles. The van der Waals surface area contributed by atoms with Gasteiger partial charge in [-0.1, -0.05) is 11.1 Å². The predicted octanol–water partition coefficient (Wildman–Crippen LogP) is 2.20. The highest BCUT2D eigenvalue weighted by Gasteiger charge is 2.29. The van der Waals surface area contributed by atoms with E-state index in [-0.39, 0.29) is 17.5 Å². The van der Waals surface area contributed by atoms with Crippen LogP contribution in [0.3, 0.4) is 0 Å². The first-order valence-electron chi connectivity index (χ1n) is 9.24. The molecule has 1 N–H and O–H groups in total. The first-order valence-corrected chi connectivity index (χ1v) is 10.9. The molecule has 0 aromatic carbocycles. The normalized spacial score (nSPS) is 14.8. The van der Waals surface area contributed by atoms with Crippen molar-refractivity contribution >= 4 is 40.0 Å². The molecule has 0 saturated heterocycles. The molecular weight excluding hydrogens is 402 g/mol. The zero-order valence-electron chi connectivity index (χ0n) is 16.1. The number of thioether (sulfide) groups is 1. The molecule has 1 aliphatic carbocycles. The van der Waals surface area contributed by atoms with Crippen molar-refractivity contribution in [2.45, 2.75) is 56.2 Å². The molecule has 1 amide bonds. The van der Waals surface area contributed by atoms with Crippen LogP contribution in [0.4, 0.5) is 5.00 Å². The summed E-state index contributed by atoms with van der Waals surface area (Å²) in [6.45, 7) is 3.73. The number of nitrogens with zero attached hydrogens (tertiary/aromatic N) is 2. The van der Waals surface area contributed by atoms with Gasteiger partial charge in [0, 0.05) is 4.88 Å². The summed E-state index contributed by atoms with van der Waals surface area (Å²) >= 11 is 2.51. The number of esters is 1. The number of ether oxygens (including phenoxy) is 1. The molecule has 0 bridgehead atoms. The van der Waals surface area contributed by atoms with Gasteiger partial charge in [-0.25, -0.2) is 4.79 Å². The van der Waals surface area contributed by atoms with Gasteiger partial charge >= 0.3 is 5.97 Å². The summed E-state index contributed by atoms with van der Waals surface area (Å²) < 4.78 is 11.1. The van der Waals surface area contributed by atoms with Crippen molar-refractivity contribution in [1.29, 1.82) is 0 Å². The van der Waals surface area contributed by atoms with Gasteiger partial charge in [0.2, 0.25) is 5.91 Å². The quantitative estimate of drug-likeness (QED) is 0.327. The summed E-state index contributed by atoms with van der Waals surface area (Å²) in [5.41, 5.74) is 1.48. The number of carbonyl (C=O) groups is 2. The minimum Gasteiger partial charge on any atom is -0.538 e. The van der Waals surface area contributed by atoms with Crippen molar-refractivity contribution in [3.8, 4) is 5.95 Å². The van der Waals surface area contributed by atoms with E-state index in [9.17, 15) is 14.7 Å². The van der Waals surface area contributed by atoms with Gasteiger partial charge in [0.05, 0.1) is 22.7 Å². The Labute approximate surface area is 171 Å². The summed E-state index contributed by atoms with van der Waals surface area (Å²) in [6.07, 6.45) is 4.95. The maximum absolute atomic E-state index is 12.7. The Morgan fingerprint density at radius 3 is 2.82 bits per heavy atom. The Hall–Kier alpha value is -2.07. The molecule has 1 atom stereocenters. The van der Waals surface area contributed by atoms with E-state index in [1.807, 2.05) is 0 Å². The molecule has 0 fully saturated rings. The van der Waals surface area contributed by atoms with E-state index in [1.54, 1.807) is 20.9 Å².